The molecule has 0 aliphatic carbocycles. The quantitative estimate of drug-likeness (QED) is 0.871. The maximum Gasteiger partial charge on any atom is 0.315 e. The average molecular weight is 276 g/mol. The van der Waals surface area contributed by atoms with Gasteiger partial charge in [-0.2, -0.15) is 0 Å². The Hall–Kier alpha value is -1.33. The van der Waals surface area contributed by atoms with Gasteiger partial charge in [0.15, 0.2) is 0 Å². The summed E-state index contributed by atoms with van der Waals surface area (Å²) in [6.45, 7) is 0.407. The van der Waals surface area contributed by atoms with Gasteiger partial charge in [-0.1, -0.05) is 22.8 Å². The monoisotopic (exact) mass is 275 g/mol. The van der Waals surface area contributed by atoms with Crippen LogP contribution in [-0.4, -0.2) is 10.2 Å². The van der Waals surface area contributed by atoms with Crippen LogP contribution in [0.5, 0.6) is 0 Å². The van der Waals surface area contributed by atoms with Crippen LogP contribution in [0.1, 0.15) is 11.5 Å². The van der Waals surface area contributed by atoms with Gasteiger partial charge < -0.3 is 9.73 Å². The third-order valence-corrected chi connectivity index (χ3v) is 2.53. The van der Waals surface area contributed by atoms with Crippen LogP contribution in [0.2, 0.25) is 5.02 Å². The molecule has 2 rings (SSSR count). The molecule has 0 fully saturated rings. The number of alkyl halides is 1. The minimum Gasteiger partial charge on any atom is -0.407 e. The summed E-state index contributed by atoms with van der Waals surface area (Å²) in [5.41, 5.74) is 0.807. The zero-order chi connectivity index (χ0) is 12.3. The average Bonchev–Trinajstić information content (AvgIpc) is 2.79. The van der Waals surface area contributed by atoms with Crippen LogP contribution in [0.25, 0.3) is 0 Å². The number of anilines is 1. The van der Waals surface area contributed by atoms with Crippen molar-refractivity contribution in [3.05, 3.63) is 40.5 Å². The van der Waals surface area contributed by atoms with Gasteiger partial charge in [-0.25, -0.2) is 4.39 Å². The van der Waals surface area contributed by atoms with Crippen LogP contribution in [0.4, 0.5) is 10.4 Å². The van der Waals surface area contributed by atoms with E-state index in [1.807, 2.05) is 0 Å². The lowest BCUT2D eigenvalue weighted by atomic mass is 10.2. The van der Waals surface area contributed by atoms with Crippen LogP contribution in [0.3, 0.4) is 0 Å². The molecule has 1 aromatic heterocycles. The minimum absolute atomic E-state index is 0.0799. The van der Waals surface area contributed by atoms with Gasteiger partial charge >= 0.3 is 6.01 Å². The van der Waals surface area contributed by atoms with E-state index in [9.17, 15) is 4.39 Å². The maximum absolute atomic E-state index is 12.9. The molecule has 0 saturated carbocycles. The second-order valence-corrected chi connectivity index (χ2v) is 3.91. The minimum atomic E-state index is -0.447. The molecule has 1 N–H and O–H groups in total. The van der Waals surface area contributed by atoms with Crippen molar-refractivity contribution in [2.75, 3.05) is 5.32 Å². The van der Waals surface area contributed by atoms with Crippen molar-refractivity contribution in [1.82, 2.24) is 10.2 Å². The van der Waals surface area contributed by atoms with E-state index in [-0.39, 0.29) is 16.9 Å². The Morgan fingerprint density at radius 2 is 2.18 bits per heavy atom. The van der Waals surface area contributed by atoms with Crippen molar-refractivity contribution in [1.29, 1.82) is 0 Å². The Morgan fingerprint density at radius 1 is 1.35 bits per heavy atom. The molecule has 1 aromatic carbocycles. The van der Waals surface area contributed by atoms with Gasteiger partial charge in [0, 0.05) is 6.54 Å². The molecule has 2 aromatic rings. The molecule has 0 amide bonds. The highest BCUT2D eigenvalue weighted by Gasteiger charge is 2.05. The summed E-state index contributed by atoms with van der Waals surface area (Å²) in [7, 11) is 0. The highest BCUT2D eigenvalue weighted by molar-refractivity contribution is 6.30. The van der Waals surface area contributed by atoms with E-state index in [1.54, 1.807) is 6.07 Å². The zero-order valence-corrected chi connectivity index (χ0v) is 10.1. The smallest absolute Gasteiger partial charge is 0.315 e. The fourth-order valence-electron chi connectivity index (χ4n) is 1.21. The Bertz CT molecular complexity index is 518. The highest BCUT2D eigenvalue weighted by Crippen LogP contribution is 2.17. The largest absolute Gasteiger partial charge is 0.407 e. The molecule has 0 unspecified atom stereocenters. The first-order valence-electron chi connectivity index (χ1n) is 4.75. The van der Waals surface area contributed by atoms with E-state index in [1.165, 1.54) is 12.1 Å². The van der Waals surface area contributed by atoms with E-state index < -0.39 is 5.82 Å². The molecular formula is C10H8Cl2FN3O. The van der Waals surface area contributed by atoms with Crippen molar-refractivity contribution in [3.8, 4) is 0 Å². The topological polar surface area (TPSA) is 51.0 Å². The van der Waals surface area contributed by atoms with Crippen molar-refractivity contribution in [2.45, 2.75) is 12.4 Å². The standard InChI is InChI=1S/C10H8Cl2FN3O/c11-4-9-15-16-10(17-9)14-5-6-1-2-8(13)7(12)3-6/h1-3H,4-5H2,(H,14,16). The van der Waals surface area contributed by atoms with Crippen molar-refractivity contribution < 1.29 is 8.81 Å². The first-order chi connectivity index (χ1) is 8.19. The SMILES string of the molecule is Fc1ccc(CNc2nnc(CCl)o2)cc1Cl. The van der Waals surface area contributed by atoms with Crippen molar-refractivity contribution >= 4 is 29.2 Å². The van der Waals surface area contributed by atoms with Crippen LogP contribution in [0, 0.1) is 5.82 Å². The molecule has 0 radical (unpaired) electrons. The van der Waals surface area contributed by atoms with E-state index in [2.05, 4.69) is 15.5 Å². The predicted molar refractivity (Wildman–Crippen MR) is 62.6 cm³/mol. The summed E-state index contributed by atoms with van der Waals surface area (Å²) in [6, 6.07) is 4.72. The molecular weight excluding hydrogens is 268 g/mol. The summed E-state index contributed by atoms with van der Waals surface area (Å²) in [5.74, 6) is 0.0563. The predicted octanol–water partition coefficient (Wildman–Crippen LogP) is 3.21. The maximum atomic E-state index is 12.9. The van der Waals surface area contributed by atoms with Gasteiger partial charge in [0.25, 0.3) is 0 Å². The van der Waals surface area contributed by atoms with E-state index in [0.29, 0.717) is 12.4 Å². The van der Waals surface area contributed by atoms with Gasteiger partial charge in [-0.15, -0.1) is 16.7 Å². The second kappa shape index (κ2) is 5.33. The van der Waals surface area contributed by atoms with Crippen LogP contribution in [0.15, 0.2) is 22.6 Å². The van der Waals surface area contributed by atoms with Crippen molar-refractivity contribution in [3.63, 3.8) is 0 Å². The summed E-state index contributed by atoms with van der Waals surface area (Å²) in [6.07, 6.45) is 0. The fraction of sp³-hybridized carbons (Fsp3) is 0.200. The van der Waals surface area contributed by atoms with E-state index >= 15 is 0 Å². The van der Waals surface area contributed by atoms with Gasteiger partial charge in [-0.3, -0.25) is 0 Å². The fourth-order valence-corrected chi connectivity index (χ4v) is 1.52. The van der Waals surface area contributed by atoms with E-state index in [0.717, 1.165) is 5.56 Å². The first-order valence-corrected chi connectivity index (χ1v) is 5.66. The lowest BCUT2D eigenvalue weighted by Crippen LogP contribution is -1.99. The van der Waals surface area contributed by atoms with Crippen molar-refractivity contribution in [2.24, 2.45) is 0 Å². The normalized spacial score (nSPS) is 10.5. The number of rotatable bonds is 4. The van der Waals surface area contributed by atoms with E-state index in [4.69, 9.17) is 27.6 Å². The van der Waals surface area contributed by atoms with Gasteiger partial charge in [0.05, 0.1) is 5.02 Å². The number of nitrogens with zero attached hydrogens (tertiary/aromatic N) is 2. The molecule has 17 heavy (non-hydrogen) atoms. The van der Waals surface area contributed by atoms with Crippen LogP contribution >= 0.6 is 23.2 Å². The zero-order valence-electron chi connectivity index (χ0n) is 8.58. The Labute approximate surface area is 107 Å². The molecule has 0 aliphatic heterocycles. The Balaban J connectivity index is 1.99. The number of aromatic nitrogens is 2. The summed E-state index contributed by atoms with van der Waals surface area (Å²) in [4.78, 5) is 0. The molecule has 1 heterocycles. The lowest BCUT2D eigenvalue weighted by molar-refractivity contribution is 0.525. The Morgan fingerprint density at radius 3 is 2.82 bits per heavy atom. The molecule has 4 nitrogen and oxygen atoms in total. The molecule has 0 aliphatic rings. The number of nitrogens with one attached hydrogen (secondary N) is 1. The second-order valence-electron chi connectivity index (χ2n) is 3.24. The van der Waals surface area contributed by atoms with Gasteiger partial charge in [-0.05, 0) is 17.7 Å². The highest BCUT2D eigenvalue weighted by atomic mass is 35.5. The molecule has 0 atom stereocenters. The number of hydrogen-bond acceptors (Lipinski definition) is 4. The summed E-state index contributed by atoms with van der Waals surface area (Å²) < 4.78 is 18.0. The first kappa shape index (κ1) is 12.1. The molecule has 90 valence electrons. The van der Waals surface area contributed by atoms with Crippen LogP contribution in [-0.2, 0) is 12.4 Å². The molecule has 0 spiro atoms. The molecule has 7 heteroatoms. The molecule has 0 saturated heterocycles. The van der Waals surface area contributed by atoms with Gasteiger partial charge in [0.1, 0.15) is 11.7 Å². The molecule has 0 bridgehead atoms. The van der Waals surface area contributed by atoms with Gasteiger partial charge in [0.2, 0.25) is 5.89 Å². The lowest BCUT2D eigenvalue weighted by Gasteiger charge is -2.02. The number of halogens is 3. The third kappa shape index (κ3) is 3.08. The summed E-state index contributed by atoms with van der Waals surface area (Å²) in [5, 5.41) is 10.4. The van der Waals surface area contributed by atoms with Crippen LogP contribution < -0.4 is 5.32 Å². The number of hydrogen-bond donors (Lipinski definition) is 1. The third-order valence-electron chi connectivity index (χ3n) is 2.01. The number of benzene rings is 1. The summed E-state index contributed by atoms with van der Waals surface area (Å²) >= 11 is 11.2. The Kier molecular flexibility index (Phi) is 3.81.